The minimum atomic E-state index is -0.227. The summed E-state index contributed by atoms with van der Waals surface area (Å²) in [6.07, 6.45) is 0.710. The molecule has 1 N–H and O–H groups in total. The lowest BCUT2D eigenvalue weighted by atomic mass is 10.1. The van der Waals surface area contributed by atoms with Gasteiger partial charge in [-0.1, -0.05) is 30.7 Å². The number of hydrogen-bond donors (Lipinski definition) is 1. The molecule has 0 unspecified atom stereocenters. The maximum atomic E-state index is 12.2. The first kappa shape index (κ1) is 17.0. The number of benzene rings is 2. The second-order valence-corrected chi connectivity index (χ2v) is 5.74. The van der Waals surface area contributed by atoms with E-state index in [1.807, 2.05) is 62.3 Å². The summed E-state index contributed by atoms with van der Waals surface area (Å²) in [6, 6.07) is 14.8. The molecule has 4 nitrogen and oxygen atoms in total. The quantitative estimate of drug-likeness (QED) is 0.667. The Morgan fingerprint density at radius 3 is 2.13 bits per heavy atom. The van der Waals surface area contributed by atoms with Crippen LogP contribution in [0.15, 0.2) is 53.6 Å². The molecule has 23 heavy (non-hydrogen) atoms. The molecule has 0 atom stereocenters. The monoisotopic (exact) mass is 329 g/mol. The number of halogens is 1. The maximum Gasteiger partial charge on any atom is 0.271 e. The largest absolute Gasteiger partial charge is 0.378 e. The van der Waals surface area contributed by atoms with Crippen LogP contribution >= 0.6 is 11.6 Å². The Hall–Kier alpha value is -2.33. The molecule has 2 aromatic rings. The molecule has 0 aliphatic heterocycles. The first-order valence-corrected chi connectivity index (χ1v) is 7.79. The van der Waals surface area contributed by atoms with E-state index in [9.17, 15) is 4.79 Å². The van der Waals surface area contributed by atoms with Gasteiger partial charge in [0.1, 0.15) is 0 Å². The van der Waals surface area contributed by atoms with Crippen molar-refractivity contribution in [2.24, 2.45) is 5.10 Å². The molecule has 0 fully saturated rings. The van der Waals surface area contributed by atoms with Gasteiger partial charge in [0.15, 0.2) is 0 Å². The number of rotatable bonds is 5. The Balaban J connectivity index is 2.10. The summed E-state index contributed by atoms with van der Waals surface area (Å²) in [4.78, 5) is 14.2. The highest BCUT2D eigenvalue weighted by molar-refractivity contribution is 6.30. The molecule has 0 aliphatic rings. The van der Waals surface area contributed by atoms with E-state index >= 15 is 0 Å². The van der Waals surface area contributed by atoms with Crippen molar-refractivity contribution >= 4 is 28.9 Å². The Morgan fingerprint density at radius 2 is 1.61 bits per heavy atom. The molecule has 120 valence electrons. The molecule has 0 radical (unpaired) electrons. The molecule has 0 saturated carbocycles. The summed E-state index contributed by atoms with van der Waals surface area (Å²) in [6.45, 7) is 1.99. The van der Waals surface area contributed by atoms with Crippen molar-refractivity contribution in [2.45, 2.75) is 13.3 Å². The van der Waals surface area contributed by atoms with Crippen molar-refractivity contribution in [3.05, 3.63) is 64.7 Å². The molecule has 0 aromatic heterocycles. The van der Waals surface area contributed by atoms with Crippen LogP contribution in [0.4, 0.5) is 5.69 Å². The Morgan fingerprint density at radius 1 is 1.04 bits per heavy atom. The van der Waals surface area contributed by atoms with Gasteiger partial charge in [-0.25, -0.2) is 5.43 Å². The fraction of sp³-hybridized carbons (Fsp3) is 0.222. The summed E-state index contributed by atoms with van der Waals surface area (Å²) in [5, 5.41) is 4.91. The fourth-order valence-electron chi connectivity index (χ4n) is 2.08. The molecule has 2 aromatic carbocycles. The molecule has 0 saturated heterocycles. The number of nitrogens with one attached hydrogen (secondary N) is 1. The van der Waals surface area contributed by atoms with E-state index < -0.39 is 0 Å². The fourth-order valence-corrected chi connectivity index (χ4v) is 2.21. The van der Waals surface area contributed by atoms with Gasteiger partial charge in [-0.15, -0.1) is 0 Å². The molecular weight excluding hydrogens is 310 g/mol. The lowest BCUT2D eigenvalue weighted by molar-refractivity contribution is 0.0955. The van der Waals surface area contributed by atoms with Gasteiger partial charge in [0, 0.05) is 30.4 Å². The molecule has 2 rings (SSSR count). The zero-order valence-corrected chi connectivity index (χ0v) is 14.3. The third-order valence-corrected chi connectivity index (χ3v) is 3.70. The van der Waals surface area contributed by atoms with Gasteiger partial charge in [-0.3, -0.25) is 4.79 Å². The van der Waals surface area contributed by atoms with Gasteiger partial charge >= 0.3 is 0 Å². The minimum absolute atomic E-state index is 0.227. The van der Waals surface area contributed by atoms with E-state index in [1.54, 1.807) is 12.1 Å². The van der Waals surface area contributed by atoms with Gasteiger partial charge in [-0.2, -0.15) is 5.10 Å². The van der Waals surface area contributed by atoms with Crippen molar-refractivity contribution < 1.29 is 4.79 Å². The van der Waals surface area contributed by atoms with Crippen LogP contribution in [0.1, 0.15) is 29.3 Å². The van der Waals surface area contributed by atoms with E-state index in [4.69, 9.17) is 11.6 Å². The zero-order chi connectivity index (χ0) is 16.8. The van der Waals surface area contributed by atoms with Crippen molar-refractivity contribution in [3.8, 4) is 0 Å². The zero-order valence-electron chi connectivity index (χ0n) is 13.5. The normalized spacial score (nSPS) is 11.2. The SMILES string of the molecule is CC/C(=N/NC(=O)c1ccc(N(C)C)cc1)c1ccc(Cl)cc1. The topological polar surface area (TPSA) is 44.7 Å². The van der Waals surface area contributed by atoms with Crippen LogP contribution in [0.5, 0.6) is 0 Å². The van der Waals surface area contributed by atoms with Crippen molar-refractivity contribution in [1.29, 1.82) is 0 Å². The van der Waals surface area contributed by atoms with E-state index in [-0.39, 0.29) is 5.91 Å². The number of nitrogens with zero attached hydrogens (tertiary/aromatic N) is 2. The number of anilines is 1. The highest BCUT2D eigenvalue weighted by Gasteiger charge is 2.07. The minimum Gasteiger partial charge on any atom is -0.378 e. The Labute approximate surface area is 141 Å². The van der Waals surface area contributed by atoms with E-state index in [1.165, 1.54) is 0 Å². The van der Waals surface area contributed by atoms with Crippen LogP contribution < -0.4 is 10.3 Å². The number of carbonyl (C=O) groups excluding carboxylic acids is 1. The van der Waals surface area contributed by atoms with E-state index in [2.05, 4.69) is 10.5 Å². The molecule has 0 aliphatic carbocycles. The van der Waals surface area contributed by atoms with Gasteiger partial charge in [0.25, 0.3) is 5.91 Å². The lowest BCUT2D eigenvalue weighted by Crippen LogP contribution is -2.20. The van der Waals surface area contributed by atoms with Crippen molar-refractivity contribution in [1.82, 2.24) is 5.43 Å². The highest BCUT2D eigenvalue weighted by atomic mass is 35.5. The Bertz CT molecular complexity index is 691. The van der Waals surface area contributed by atoms with Crippen LogP contribution in [0.2, 0.25) is 5.02 Å². The Kier molecular flexibility index (Phi) is 5.77. The predicted octanol–water partition coefficient (Wildman–Crippen LogP) is 3.95. The van der Waals surface area contributed by atoms with Gasteiger partial charge in [-0.05, 0) is 48.4 Å². The molecule has 1 amide bonds. The second kappa shape index (κ2) is 7.79. The second-order valence-electron chi connectivity index (χ2n) is 5.30. The lowest BCUT2D eigenvalue weighted by Gasteiger charge is -2.12. The molecule has 0 spiro atoms. The van der Waals surface area contributed by atoms with E-state index in [0.717, 1.165) is 17.0 Å². The van der Waals surface area contributed by atoms with Crippen LogP contribution in [-0.2, 0) is 0 Å². The van der Waals surface area contributed by atoms with Crippen LogP contribution in [0.25, 0.3) is 0 Å². The summed E-state index contributed by atoms with van der Waals surface area (Å²) < 4.78 is 0. The van der Waals surface area contributed by atoms with Crippen LogP contribution in [0.3, 0.4) is 0 Å². The highest BCUT2D eigenvalue weighted by Crippen LogP contribution is 2.13. The predicted molar refractivity (Wildman–Crippen MR) is 96.5 cm³/mol. The first-order valence-electron chi connectivity index (χ1n) is 7.41. The number of amides is 1. The third-order valence-electron chi connectivity index (χ3n) is 3.45. The summed E-state index contributed by atoms with van der Waals surface area (Å²) in [7, 11) is 3.91. The van der Waals surface area contributed by atoms with E-state index in [0.29, 0.717) is 17.0 Å². The smallest absolute Gasteiger partial charge is 0.271 e. The molecule has 0 bridgehead atoms. The number of carbonyl (C=O) groups is 1. The summed E-state index contributed by atoms with van der Waals surface area (Å²) in [5.41, 5.74) is 5.98. The molecule has 5 heteroatoms. The maximum absolute atomic E-state index is 12.2. The average molecular weight is 330 g/mol. The van der Waals surface area contributed by atoms with Crippen LogP contribution in [-0.4, -0.2) is 25.7 Å². The first-order chi connectivity index (χ1) is 11.0. The van der Waals surface area contributed by atoms with Crippen LogP contribution in [0, 0.1) is 0 Å². The standard InChI is InChI=1S/C18H20ClN3O/c1-4-17(13-5-9-15(19)10-6-13)20-21-18(23)14-7-11-16(12-8-14)22(2)3/h5-12H,4H2,1-3H3,(H,21,23)/b20-17-. The summed E-state index contributed by atoms with van der Waals surface area (Å²) in [5.74, 6) is -0.227. The third kappa shape index (κ3) is 4.57. The van der Waals surface area contributed by atoms with Gasteiger partial charge in [0.05, 0.1) is 5.71 Å². The molecule has 0 heterocycles. The van der Waals surface area contributed by atoms with Gasteiger partial charge in [0.2, 0.25) is 0 Å². The number of hydrazone groups is 1. The number of hydrogen-bond acceptors (Lipinski definition) is 3. The average Bonchev–Trinajstić information content (AvgIpc) is 2.56. The van der Waals surface area contributed by atoms with Gasteiger partial charge < -0.3 is 4.90 Å². The van der Waals surface area contributed by atoms with Crippen molar-refractivity contribution in [2.75, 3.05) is 19.0 Å². The molecular formula is C18H20ClN3O. The van der Waals surface area contributed by atoms with Crippen molar-refractivity contribution in [3.63, 3.8) is 0 Å². The summed E-state index contributed by atoms with van der Waals surface area (Å²) >= 11 is 5.89.